The Bertz CT molecular complexity index is 1170. The van der Waals surface area contributed by atoms with E-state index in [1.165, 1.54) is 0 Å². The summed E-state index contributed by atoms with van der Waals surface area (Å²) >= 11 is 0. The van der Waals surface area contributed by atoms with Gasteiger partial charge in [0.15, 0.2) is 0 Å². The number of carbonyl (C=O) groups is 1. The monoisotopic (exact) mass is 411 g/mol. The Hall–Kier alpha value is -4.19. The molecule has 0 aliphatic rings. The maximum atomic E-state index is 12.7. The quantitative estimate of drug-likeness (QED) is 0.426. The lowest BCUT2D eigenvalue weighted by atomic mass is 10.2. The van der Waals surface area contributed by atoms with Crippen LogP contribution in [0.5, 0.6) is 23.3 Å². The molecule has 4 aromatic rings. The van der Waals surface area contributed by atoms with E-state index in [4.69, 9.17) is 9.47 Å². The largest absolute Gasteiger partial charge is 0.457 e. The zero-order valence-corrected chi connectivity index (χ0v) is 17.2. The van der Waals surface area contributed by atoms with E-state index in [1.54, 1.807) is 42.5 Å². The van der Waals surface area contributed by atoms with Gasteiger partial charge >= 0.3 is 6.01 Å². The predicted molar refractivity (Wildman–Crippen MR) is 119 cm³/mol. The molecular formula is C25H21N3O3. The standard InChI is InChI=1S/C25H21N3O3/c1-17-15-18(2)27-25(26-17)31-22-13-11-20(12-14-22)28-24(29)19-7-6-10-23(16-19)30-21-8-4-3-5-9-21/h3-16H,1-2H3,(H,28,29). The molecule has 154 valence electrons. The number of aromatic nitrogens is 2. The number of hydrogen-bond donors (Lipinski definition) is 1. The molecule has 6 heteroatoms. The number of amides is 1. The van der Waals surface area contributed by atoms with Crippen LogP contribution in [0.15, 0.2) is 84.9 Å². The number of para-hydroxylation sites is 1. The highest BCUT2D eigenvalue weighted by molar-refractivity contribution is 6.04. The van der Waals surface area contributed by atoms with E-state index < -0.39 is 0 Å². The van der Waals surface area contributed by atoms with Crippen LogP contribution < -0.4 is 14.8 Å². The smallest absolute Gasteiger partial charge is 0.322 e. The summed E-state index contributed by atoms with van der Waals surface area (Å²) in [6, 6.07) is 25.7. The van der Waals surface area contributed by atoms with Crippen LogP contribution in [0.2, 0.25) is 0 Å². The summed E-state index contributed by atoms with van der Waals surface area (Å²) in [5.74, 6) is 1.66. The second kappa shape index (κ2) is 9.09. The van der Waals surface area contributed by atoms with Crippen molar-refractivity contribution < 1.29 is 14.3 Å². The summed E-state index contributed by atoms with van der Waals surface area (Å²) in [5, 5.41) is 2.88. The third-order valence-corrected chi connectivity index (χ3v) is 4.36. The topological polar surface area (TPSA) is 73.3 Å². The van der Waals surface area contributed by atoms with Gasteiger partial charge in [-0.25, -0.2) is 9.97 Å². The van der Waals surface area contributed by atoms with Crippen LogP contribution in [-0.4, -0.2) is 15.9 Å². The fourth-order valence-electron chi connectivity index (χ4n) is 2.98. The summed E-state index contributed by atoms with van der Waals surface area (Å²) < 4.78 is 11.5. The van der Waals surface area contributed by atoms with Gasteiger partial charge in [0.05, 0.1) is 0 Å². The van der Waals surface area contributed by atoms with E-state index in [9.17, 15) is 4.79 Å². The fraction of sp³-hybridized carbons (Fsp3) is 0.0800. The van der Waals surface area contributed by atoms with Crippen LogP contribution in [0.3, 0.4) is 0 Å². The molecule has 0 aliphatic heterocycles. The van der Waals surface area contributed by atoms with Gasteiger partial charge in [0.25, 0.3) is 5.91 Å². The number of nitrogens with zero attached hydrogens (tertiary/aromatic N) is 2. The minimum Gasteiger partial charge on any atom is -0.457 e. The summed E-state index contributed by atoms with van der Waals surface area (Å²) in [6.45, 7) is 3.78. The first kappa shape index (κ1) is 20.1. The molecule has 0 spiro atoms. The zero-order valence-electron chi connectivity index (χ0n) is 17.2. The van der Waals surface area contributed by atoms with Gasteiger partial charge in [-0.15, -0.1) is 0 Å². The van der Waals surface area contributed by atoms with Crippen molar-refractivity contribution in [3.05, 3.63) is 102 Å². The number of anilines is 1. The van der Waals surface area contributed by atoms with E-state index in [1.807, 2.05) is 56.3 Å². The summed E-state index contributed by atoms with van der Waals surface area (Å²) in [5.41, 5.74) is 2.82. The Kier molecular flexibility index (Phi) is 5.89. The molecule has 1 N–H and O–H groups in total. The van der Waals surface area contributed by atoms with Gasteiger partial charge in [0.2, 0.25) is 0 Å². The summed E-state index contributed by atoms with van der Waals surface area (Å²) in [6.07, 6.45) is 0. The van der Waals surface area contributed by atoms with E-state index in [0.29, 0.717) is 34.5 Å². The second-order valence-corrected chi connectivity index (χ2v) is 6.96. The molecule has 0 unspecified atom stereocenters. The van der Waals surface area contributed by atoms with Crippen molar-refractivity contribution in [2.45, 2.75) is 13.8 Å². The third-order valence-electron chi connectivity index (χ3n) is 4.36. The van der Waals surface area contributed by atoms with Crippen LogP contribution in [0.25, 0.3) is 0 Å². The molecule has 4 rings (SSSR count). The molecule has 6 nitrogen and oxygen atoms in total. The molecule has 0 saturated carbocycles. The molecule has 0 fully saturated rings. The molecule has 1 amide bonds. The Morgan fingerprint density at radius 1 is 0.710 bits per heavy atom. The summed E-state index contributed by atoms with van der Waals surface area (Å²) in [7, 11) is 0. The number of aryl methyl sites for hydroxylation is 2. The Balaban J connectivity index is 1.41. The summed E-state index contributed by atoms with van der Waals surface area (Å²) in [4.78, 5) is 21.2. The number of benzene rings is 3. The number of nitrogens with one attached hydrogen (secondary N) is 1. The molecule has 0 atom stereocenters. The van der Waals surface area contributed by atoms with Gasteiger partial charge < -0.3 is 14.8 Å². The number of ether oxygens (including phenoxy) is 2. The maximum absolute atomic E-state index is 12.7. The number of rotatable bonds is 6. The lowest BCUT2D eigenvalue weighted by molar-refractivity contribution is 0.102. The molecule has 0 bridgehead atoms. The Labute approximate surface area is 180 Å². The molecule has 31 heavy (non-hydrogen) atoms. The third kappa shape index (κ3) is 5.45. The molecule has 3 aromatic carbocycles. The first-order valence-electron chi connectivity index (χ1n) is 9.80. The number of hydrogen-bond acceptors (Lipinski definition) is 5. The highest BCUT2D eigenvalue weighted by atomic mass is 16.5. The Morgan fingerprint density at radius 2 is 1.35 bits per heavy atom. The first-order valence-corrected chi connectivity index (χ1v) is 9.80. The van der Waals surface area contributed by atoms with Crippen LogP contribution >= 0.6 is 0 Å². The van der Waals surface area contributed by atoms with E-state index in [-0.39, 0.29) is 5.91 Å². The zero-order chi connectivity index (χ0) is 21.6. The molecular weight excluding hydrogens is 390 g/mol. The highest BCUT2D eigenvalue weighted by Crippen LogP contribution is 2.24. The van der Waals surface area contributed by atoms with Gasteiger partial charge in [0.1, 0.15) is 17.2 Å². The van der Waals surface area contributed by atoms with Crippen LogP contribution in [0, 0.1) is 13.8 Å². The maximum Gasteiger partial charge on any atom is 0.322 e. The van der Waals surface area contributed by atoms with E-state index in [0.717, 1.165) is 11.4 Å². The van der Waals surface area contributed by atoms with Crippen molar-refractivity contribution in [3.63, 3.8) is 0 Å². The van der Waals surface area contributed by atoms with E-state index >= 15 is 0 Å². The van der Waals surface area contributed by atoms with Crippen molar-refractivity contribution in [2.75, 3.05) is 5.32 Å². The molecule has 0 radical (unpaired) electrons. The van der Waals surface area contributed by atoms with Crippen molar-refractivity contribution >= 4 is 11.6 Å². The average Bonchev–Trinajstić information content (AvgIpc) is 2.75. The van der Waals surface area contributed by atoms with Crippen LogP contribution in [0.4, 0.5) is 5.69 Å². The molecule has 1 aromatic heterocycles. The van der Waals surface area contributed by atoms with Crippen molar-refractivity contribution in [1.82, 2.24) is 9.97 Å². The van der Waals surface area contributed by atoms with Crippen molar-refractivity contribution in [3.8, 4) is 23.3 Å². The van der Waals surface area contributed by atoms with Gasteiger partial charge in [-0.05, 0) is 74.5 Å². The predicted octanol–water partition coefficient (Wildman–Crippen LogP) is 5.93. The SMILES string of the molecule is Cc1cc(C)nc(Oc2ccc(NC(=O)c3cccc(Oc4ccccc4)c3)cc2)n1. The lowest BCUT2D eigenvalue weighted by Crippen LogP contribution is -2.11. The second-order valence-electron chi connectivity index (χ2n) is 6.96. The van der Waals surface area contributed by atoms with E-state index in [2.05, 4.69) is 15.3 Å². The van der Waals surface area contributed by atoms with Gasteiger partial charge in [0, 0.05) is 22.6 Å². The molecule has 0 saturated heterocycles. The first-order chi connectivity index (χ1) is 15.0. The molecule has 1 heterocycles. The normalized spacial score (nSPS) is 10.4. The van der Waals surface area contributed by atoms with Crippen molar-refractivity contribution in [1.29, 1.82) is 0 Å². The Morgan fingerprint density at radius 3 is 2.06 bits per heavy atom. The minimum atomic E-state index is -0.232. The van der Waals surface area contributed by atoms with Crippen molar-refractivity contribution in [2.24, 2.45) is 0 Å². The number of carbonyl (C=O) groups excluding carboxylic acids is 1. The lowest BCUT2D eigenvalue weighted by Gasteiger charge is -2.09. The van der Waals surface area contributed by atoms with Gasteiger partial charge in [-0.2, -0.15) is 0 Å². The average molecular weight is 411 g/mol. The highest BCUT2D eigenvalue weighted by Gasteiger charge is 2.09. The van der Waals surface area contributed by atoms with Crippen LogP contribution in [0.1, 0.15) is 21.7 Å². The van der Waals surface area contributed by atoms with Crippen LogP contribution in [-0.2, 0) is 0 Å². The minimum absolute atomic E-state index is 0.232. The van der Waals surface area contributed by atoms with Gasteiger partial charge in [-0.3, -0.25) is 4.79 Å². The fourth-order valence-corrected chi connectivity index (χ4v) is 2.98. The van der Waals surface area contributed by atoms with Gasteiger partial charge in [-0.1, -0.05) is 24.3 Å². The molecule has 0 aliphatic carbocycles.